The number of halogens is 1. The number of hydrogen-bond donors (Lipinski definition) is 0. The number of rotatable bonds is 4. The van der Waals surface area contributed by atoms with Crippen LogP contribution in [0, 0.1) is 19.7 Å². The van der Waals surface area contributed by atoms with Gasteiger partial charge in [-0.1, -0.05) is 30.8 Å². The SMILES string of the molecule is CC[C@@H]1CSC2=N[C@H](c3ccccn3)[C@H](c3cc(C)n(-c4cccc(F)c4)c3C)N21. The van der Waals surface area contributed by atoms with Crippen molar-refractivity contribution in [2.45, 2.75) is 45.3 Å². The van der Waals surface area contributed by atoms with Crippen molar-refractivity contribution in [2.75, 3.05) is 5.75 Å². The highest BCUT2D eigenvalue weighted by Gasteiger charge is 2.46. The van der Waals surface area contributed by atoms with E-state index in [1.54, 1.807) is 12.1 Å². The molecule has 0 radical (unpaired) electrons. The van der Waals surface area contributed by atoms with Gasteiger partial charge in [0.15, 0.2) is 5.17 Å². The van der Waals surface area contributed by atoms with Gasteiger partial charge in [-0.15, -0.1) is 0 Å². The monoisotopic (exact) mass is 420 g/mol. The predicted molar refractivity (Wildman–Crippen MR) is 121 cm³/mol. The topological polar surface area (TPSA) is 33.4 Å². The molecule has 2 aliphatic heterocycles. The lowest BCUT2D eigenvalue weighted by Gasteiger charge is -2.32. The molecule has 5 rings (SSSR count). The maximum Gasteiger partial charge on any atom is 0.160 e. The minimum absolute atomic E-state index is 0.0375. The molecule has 2 aliphatic rings. The Labute approximate surface area is 180 Å². The molecule has 0 saturated carbocycles. The number of aliphatic imine (C=N–C) groups is 1. The Kier molecular flexibility index (Phi) is 4.89. The Morgan fingerprint density at radius 1 is 1.13 bits per heavy atom. The molecule has 1 fully saturated rings. The molecule has 2 aromatic heterocycles. The number of fused-ring (bicyclic) bond motifs is 1. The summed E-state index contributed by atoms with van der Waals surface area (Å²) in [5.74, 6) is 0.852. The van der Waals surface area contributed by atoms with Crippen molar-refractivity contribution in [3.05, 3.63) is 83.2 Å². The van der Waals surface area contributed by atoms with Crippen LogP contribution < -0.4 is 0 Å². The third-order valence-corrected chi connectivity index (χ3v) is 7.31. The lowest BCUT2D eigenvalue weighted by atomic mass is 9.95. The van der Waals surface area contributed by atoms with E-state index in [0.29, 0.717) is 6.04 Å². The molecule has 4 nitrogen and oxygen atoms in total. The first kappa shape index (κ1) is 19.4. The van der Waals surface area contributed by atoms with E-state index < -0.39 is 0 Å². The Hall–Kier alpha value is -2.60. The van der Waals surface area contributed by atoms with Crippen LogP contribution in [0.5, 0.6) is 0 Å². The van der Waals surface area contributed by atoms with E-state index in [0.717, 1.165) is 40.1 Å². The van der Waals surface area contributed by atoms with Gasteiger partial charge in [0.2, 0.25) is 0 Å². The van der Waals surface area contributed by atoms with Crippen LogP contribution in [-0.2, 0) is 0 Å². The van der Waals surface area contributed by atoms with Crippen LogP contribution in [-0.4, -0.2) is 31.4 Å². The molecule has 154 valence electrons. The van der Waals surface area contributed by atoms with Crippen LogP contribution >= 0.6 is 11.8 Å². The molecule has 30 heavy (non-hydrogen) atoms. The summed E-state index contributed by atoms with van der Waals surface area (Å²) >= 11 is 1.85. The second-order valence-electron chi connectivity index (χ2n) is 7.98. The number of aromatic nitrogens is 2. The second-order valence-corrected chi connectivity index (χ2v) is 8.97. The van der Waals surface area contributed by atoms with Gasteiger partial charge in [-0.3, -0.25) is 9.98 Å². The van der Waals surface area contributed by atoms with Crippen molar-refractivity contribution in [3.63, 3.8) is 0 Å². The Bertz CT molecular complexity index is 1110. The van der Waals surface area contributed by atoms with Crippen LogP contribution in [0.1, 0.15) is 48.1 Å². The third kappa shape index (κ3) is 3.05. The van der Waals surface area contributed by atoms with Crippen molar-refractivity contribution >= 4 is 16.9 Å². The molecular formula is C24H25FN4S. The average Bonchev–Trinajstić information content (AvgIpc) is 3.40. The lowest BCUT2D eigenvalue weighted by Crippen LogP contribution is -2.35. The van der Waals surface area contributed by atoms with Gasteiger partial charge in [0.1, 0.15) is 11.9 Å². The fraction of sp³-hybridized carbons (Fsp3) is 0.333. The molecule has 0 spiro atoms. The van der Waals surface area contributed by atoms with Gasteiger partial charge >= 0.3 is 0 Å². The van der Waals surface area contributed by atoms with E-state index in [1.165, 1.54) is 11.6 Å². The zero-order chi connectivity index (χ0) is 20.8. The summed E-state index contributed by atoms with van der Waals surface area (Å²) in [6.45, 7) is 6.46. The van der Waals surface area contributed by atoms with E-state index in [4.69, 9.17) is 4.99 Å². The highest BCUT2D eigenvalue weighted by Crippen LogP contribution is 2.49. The van der Waals surface area contributed by atoms with E-state index in [9.17, 15) is 4.39 Å². The predicted octanol–water partition coefficient (Wildman–Crippen LogP) is 5.61. The molecule has 4 heterocycles. The zero-order valence-corrected chi connectivity index (χ0v) is 18.2. The summed E-state index contributed by atoms with van der Waals surface area (Å²) in [6.07, 6.45) is 2.93. The lowest BCUT2D eigenvalue weighted by molar-refractivity contribution is 0.254. The minimum Gasteiger partial charge on any atom is -0.338 e. The quantitative estimate of drug-likeness (QED) is 0.550. The smallest absolute Gasteiger partial charge is 0.160 e. The minimum atomic E-state index is -0.221. The third-order valence-electron chi connectivity index (χ3n) is 6.18. The van der Waals surface area contributed by atoms with Crippen molar-refractivity contribution in [3.8, 4) is 5.69 Å². The number of hydrogen-bond acceptors (Lipinski definition) is 4. The highest BCUT2D eigenvalue weighted by atomic mass is 32.2. The number of thioether (sulfide) groups is 1. The largest absolute Gasteiger partial charge is 0.338 e. The molecule has 0 aliphatic carbocycles. The van der Waals surface area contributed by atoms with E-state index in [2.05, 4.69) is 47.4 Å². The molecule has 0 amide bonds. The number of benzene rings is 1. The van der Waals surface area contributed by atoms with Gasteiger partial charge in [0.25, 0.3) is 0 Å². The van der Waals surface area contributed by atoms with Crippen LogP contribution in [0.15, 0.2) is 59.7 Å². The van der Waals surface area contributed by atoms with Gasteiger partial charge in [-0.2, -0.15) is 0 Å². The van der Waals surface area contributed by atoms with Crippen LogP contribution in [0.25, 0.3) is 5.69 Å². The van der Waals surface area contributed by atoms with Crippen LogP contribution in [0.2, 0.25) is 0 Å². The zero-order valence-electron chi connectivity index (χ0n) is 17.4. The van der Waals surface area contributed by atoms with Crippen LogP contribution in [0.3, 0.4) is 0 Å². The first-order valence-electron chi connectivity index (χ1n) is 10.4. The molecule has 1 aromatic carbocycles. The fourth-order valence-electron chi connectivity index (χ4n) is 4.79. The summed E-state index contributed by atoms with van der Waals surface area (Å²) in [4.78, 5) is 12.3. The molecule has 6 heteroatoms. The summed E-state index contributed by atoms with van der Waals surface area (Å²) in [5.41, 5.74) is 5.32. The van der Waals surface area contributed by atoms with Gasteiger partial charge in [0.05, 0.1) is 11.7 Å². The highest BCUT2D eigenvalue weighted by molar-refractivity contribution is 8.14. The Morgan fingerprint density at radius 3 is 2.73 bits per heavy atom. The van der Waals surface area contributed by atoms with Crippen molar-refractivity contribution in [2.24, 2.45) is 4.99 Å². The number of amidine groups is 1. The summed E-state index contributed by atoms with van der Waals surface area (Å²) in [7, 11) is 0. The van der Waals surface area contributed by atoms with Crippen molar-refractivity contribution < 1.29 is 4.39 Å². The maximum atomic E-state index is 13.9. The van der Waals surface area contributed by atoms with Crippen molar-refractivity contribution in [1.82, 2.24) is 14.5 Å². The van der Waals surface area contributed by atoms with Gasteiger partial charge in [-0.25, -0.2) is 4.39 Å². The average molecular weight is 421 g/mol. The number of aryl methyl sites for hydroxylation is 1. The van der Waals surface area contributed by atoms with E-state index >= 15 is 0 Å². The summed E-state index contributed by atoms with van der Waals surface area (Å²) < 4.78 is 16.1. The van der Waals surface area contributed by atoms with E-state index in [1.807, 2.05) is 36.2 Å². The molecule has 3 atom stereocenters. The number of pyridine rings is 1. The normalized spacial score (nSPS) is 23.0. The molecular weight excluding hydrogens is 395 g/mol. The molecule has 1 saturated heterocycles. The summed E-state index contributed by atoms with van der Waals surface area (Å²) in [6, 6.07) is 15.6. The molecule has 0 unspecified atom stereocenters. The Morgan fingerprint density at radius 2 is 2.00 bits per heavy atom. The fourth-order valence-corrected chi connectivity index (χ4v) is 6.12. The van der Waals surface area contributed by atoms with Crippen LogP contribution in [0.4, 0.5) is 4.39 Å². The van der Waals surface area contributed by atoms with Crippen molar-refractivity contribution in [1.29, 1.82) is 0 Å². The number of nitrogens with zero attached hydrogens (tertiary/aromatic N) is 4. The maximum absolute atomic E-state index is 13.9. The summed E-state index contributed by atoms with van der Waals surface area (Å²) in [5, 5.41) is 1.12. The standard InChI is InChI=1S/C24H25FN4S/c1-4-18-14-30-24-27-22(21-10-5-6-11-26-21)23(29(18)24)20-12-15(2)28(16(20)3)19-9-7-8-17(25)13-19/h5-13,18,22-23H,4,14H2,1-3H3/t18-,22-,23+/m1/s1. The molecule has 3 aromatic rings. The Balaban J connectivity index is 1.64. The first-order valence-corrected chi connectivity index (χ1v) is 11.4. The molecule has 0 bridgehead atoms. The second kappa shape index (κ2) is 7.58. The first-order chi connectivity index (χ1) is 14.6. The van der Waals surface area contributed by atoms with Gasteiger partial charge < -0.3 is 9.47 Å². The van der Waals surface area contributed by atoms with E-state index in [-0.39, 0.29) is 17.9 Å². The van der Waals surface area contributed by atoms with Gasteiger partial charge in [-0.05, 0) is 62.2 Å². The molecule has 0 N–H and O–H groups in total. The van der Waals surface area contributed by atoms with Gasteiger partial charge in [0, 0.05) is 35.1 Å².